The van der Waals surface area contributed by atoms with Crippen LogP contribution in [0.5, 0.6) is 0 Å². The van der Waals surface area contributed by atoms with Crippen molar-refractivity contribution in [2.45, 2.75) is 50.9 Å². The van der Waals surface area contributed by atoms with Crippen molar-refractivity contribution in [3.63, 3.8) is 0 Å². The van der Waals surface area contributed by atoms with Gasteiger partial charge in [-0.15, -0.1) is 0 Å². The first kappa shape index (κ1) is 31.7. The number of nitrogens with zero attached hydrogens (tertiary/aromatic N) is 1. The van der Waals surface area contributed by atoms with Gasteiger partial charge in [0.25, 0.3) is 0 Å². The molecule has 0 saturated carbocycles. The van der Waals surface area contributed by atoms with Gasteiger partial charge in [0.15, 0.2) is 0 Å². The fourth-order valence-corrected chi connectivity index (χ4v) is 2.15. The summed E-state index contributed by atoms with van der Waals surface area (Å²) in [7, 11) is 0. The molecule has 0 radical (unpaired) electrons. The fraction of sp³-hybridized carbons (Fsp3) is 0.421. The molecular formula is C19H18F10N2O4. The summed E-state index contributed by atoms with van der Waals surface area (Å²) in [6.07, 6.45) is -8.33. The first-order valence-corrected chi connectivity index (χ1v) is 8.99. The summed E-state index contributed by atoms with van der Waals surface area (Å²) in [5.41, 5.74) is 5.17. The standard InChI is InChI=1S/C13H16N2.2C3HF5O2/c1-9-5-4-6-12(10(9)2)11(3)13-7-14-8-15-13;2*4-2(5,1(9)10)3(6,7)8/h4-8,11H,1-3H3,(H,14,15);2*(H,9,10). The number of hydrogen-bond acceptors (Lipinski definition) is 3. The van der Waals surface area contributed by atoms with Crippen LogP contribution < -0.4 is 0 Å². The molecule has 0 saturated heterocycles. The summed E-state index contributed by atoms with van der Waals surface area (Å²) >= 11 is 0. The normalized spacial score (nSPS) is 13.1. The molecule has 0 aliphatic carbocycles. The lowest BCUT2D eigenvalue weighted by Crippen LogP contribution is -2.43. The SMILES string of the molecule is Cc1cccc(C(C)c2c[nH]cn2)c1C.O=C(O)C(F)(F)C(F)(F)F.O=C(O)C(F)(F)C(F)(F)F. The van der Waals surface area contributed by atoms with Gasteiger partial charge >= 0.3 is 36.1 Å². The largest absolute Gasteiger partial charge is 0.477 e. The minimum atomic E-state index is -6.02. The summed E-state index contributed by atoms with van der Waals surface area (Å²) in [4.78, 5) is 25.7. The number of aliphatic carboxylic acids is 2. The molecule has 1 heterocycles. The molecular weight excluding hydrogens is 510 g/mol. The molecule has 1 unspecified atom stereocenters. The van der Waals surface area contributed by atoms with Crippen molar-refractivity contribution in [1.82, 2.24) is 9.97 Å². The van der Waals surface area contributed by atoms with Gasteiger partial charge in [0.2, 0.25) is 0 Å². The molecule has 198 valence electrons. The van der Waals surface area contributed by atoms with Crippen LogP contribution in [0.15, 0.2) is 30.7 Å². The number of alkyl halides is 10. The predicted octanol–water partition coefficient (Wildman–Crippen LogP) is 5.72. The number of rotatable bonds is 4. The Morgan fingerprint density at radius 3 is 1.57 bits per heavy atom. The van der Waals surface area contributed by atoms with Crippen LogP contribution in [0.3, 0.4) is 0 Å². The van der Waals surface area contributed by atoms with E-state index in [9.17, 15) is 53.5 Å². The van der Waals surface area contributed by atoms with Gasteiger partial charge in [-0.2, -0.15) is 43.9 Å². The average Bonchev–Trinajstić information content (AvgIpc) is 3.23. The number of imidazole rings is 1. The summed E-state index contributed by atoms with van der Waals surface area (Å²) in [5.74, 6) is -17.3. The second kappa shape index (κ2) is 11.4. The molecule has 1 atom stereocenters. The van der Waals surface area contributed by atoms with E-state index in [2.05, 4.69) is 48.9 Å². The van der Waals surface area contributed by atoms with Gasteiger partial charge in [-0.1, -0.05) is 25.1 Å². The van der Waals surface area contributed by atoms with Gasteiger partial charge in [-0.3, -0.25) is 0 Å². The lowest BCUT2D eigenvalue weighted by Gasteiger charge is -2.14. The smallest absolute Gasteiger partial charge is 0.465 e. The van der Waals surface area contributed by atoms with E-state index >= 15 is 0 Å². The third-order valence-corrected chi connectivity index (χ3v) is 4.33. The second-order valence-electron chi connectivity index (χ2n) is 6.76. The summed E-state index contributed by atoms with van der Waals surface area (Å²) in [6, 6.07) is 6.44. The van der Waals surface area contributed by atoms with Crippen molar-refractivity contribution >= 4 is 11.9 Å². The van der Waals surface area contributed by atoms with E-state index in [1.54, 1.807) is 6.33 Å². The third kappa shape index (κ3) is 8.13. The first-order valence-electron chi connectivity index (χ1n) is 8.99. The van der Waals surface area contributed by atoms with Crippen molar-refractivity contribution in [3.8, 4) is 0 Å². The molecule has 1 aromatic heterocycles. The number of halogens is 10. The van der Waals surface area contributed by atoms with Crippen molar-refractivity contribution in [2.24, 2.45) is 0 Å². The molecule has 3 N–H and O–H groups in total. The van der Waals surface area contributed by atoms with Gasteiger partial charge in [-0.25, -0.2) is 14.6 Å². The number of H-pyrrole nitrogens is 1. The number of carboxylic acid groups (broad SMARTS) is 2. The van der Waals surface area contributed by atoms with E-state index in [0.717, 1.165) is 5.69 Å². The highest BCUT2D eigenvalue weighted by atomic mass is 19.4. The first-order chi connectivity index (χ1) is 15.6. The number of carbonyl (C=O) groups is 2. The predicted molar refractivity (Wildman–Crippen MR) is 99.3 cm³/mol. The Kier molecular flexibility index (Phi) is 10.3. The molecule has 0 aliphatic heterocycles. The highest BCUT2D eigenvalue weighted by molar-refractivity contribution is 5.76. The molecule has 0 fully saturated rings. The maximum atomic E-state index is 11.3. The van der Waals surface area contributed by atoms with Gasteiger partial charge in [0.05, 0.1) is 12.0 Å². The Balaban J connectivity index is 0.000000517. The molecule has 35 heavy (non-hydrogen) atoms. The Morgan fingerprint density at radius 2 is 1.29 bits per heavy atom. The quantitative estimate of drug-likeness (QED) is 0.441. The van der Waals surface area contributed by atoms with E-state index in [-0.39, 0.29) is 0 Å². The van der Waals surface area contributed by atoms with Gasteiger partial charge in [0.1, 0.15) is 0 Å². The van der Waals surface area contributed by atoms with E-state index < -0.39 is 36.1 Å². The van der Waals surface area contributed by atoms with Gasteiger partial charge in [-0.05, 0) is 30.5 Å². The van der Waals surface area contributed by atoms with Crippen LogP contribution in [0.1, 0.15) is 35.2 Å². The van der Waals surface area contributed by atoms with Crippen LogP contribution in [0.2, 0.25) is 0 Å². The molecule has 6 nitrogen and oxygen atoms in total. The Hall–Kier alpha value is -3.33. The molecule has 0 bridgehead atoms. The van der Waals surface area contributed by atoms with Crippen molar-refractivity contribution in [1.29, 1.82) is 0 Å². The minimum Gasteiger partial charge on any atom is -0.477 e. The van der Waals surface area contributed by atoms with Gasteiger partial charge < -0.3 is 15.2 Å². The molecule has 2 rings (SSSR count). The molecule has 16 heteroatoms. The maximum Gasteiger partial charge on any atom is 0.465 e. The number of aromatic amines is 1. The summed E-state index contributed by atoms with van der Waals surface area (Å²) in [5, 5.41) is 14.6. The zero-order valence-corrected chi connectivity index (χ0v) is 17.9. The lowest BCUT2D eigenvalue weighted by atomic mass is 9.92. The molecule has 0 amide bonds. The van der Waals surface area contributed by atoms with E-state index in [0.29, 0.717) is 5.92 Å². The topological polar surface area (TPSA) is 103 Å². The monoisotopic (exact) mass is 528 g/mol. The van der Waals surface area contributed by atoms with Crippen molar-refractivity contribution in [2.75, 3.05) is 0 Å². The second-order valence-corrected chi connectivity index (χ2v) is 6.76. The van der Waals surface area contributed by atoms with Crippen molar-refractivity contribution < 1.29 is 63.7 Å². The zero-order chi connectivity index (χ0) is 28.0. The van der Waals surface area contributed by atoms with Gasteiger partial charge in [0, 0.05) is 12.1 Å². The van der Waals surface area contributed by atoms with Crippen LogP contribution in [0, 0.1) is 13.8 Å². The molecule has 2 aromatic rings. The third-order valence-electron chi connectivity index (χ3n) is 4.33. The zero-order valence-electron chi connectivity index (χ0n) is 17.9. The van der Waals surface area contributed by atoms with E-state index in [1.807, 2.05) is 6.20 Å². The van der Waals surface area contributed by atoms with Crippen LogP contribution in [0.4, 0.5) is 43.9 Å². The number of hydrogen-bond donors (Lipinski definition) is 3. The average molecular weight is 528 g/mol. The van der Waals surface area contributed by atoms with Crippen LogP contribution in [0.25, 0.3) is 0 Å². The number of nitrogens with one attached hydrogen (secondary N) is 1. The summed E-state index contributed by atoms with van der Waals surface area (Å²) in [6.45, 7) is 6.52. The lowest BCUT2D eigenvalue weighted by molar-refractivity contribution is -0.278. The van der Waals surface area contributed by atoms with E-state index in [4.69, 9.17) is 10.2 Å². The number of carboxylic acids is 2. The van der Waals surface area contributed by atoms with Crippen LogP contribution in [-0.2, 0) is 9.59 Å². The minimum absolute atomic E-state index is 0.358. The Morgan fingerprint density at radius 1 is 0.857 bits per heavy atom. The Bertz CT molecular complexity index is 951. The van der Waals surface area contributed by atoms with E-state index in [1.165, 1.54) is 16.7 Å². The fourth-order valence-electron chi connectivity index (χ4n) is 2.15. The molecule has 1 aromatic carbocycles. The number of aromatic nitrogens is 2. The van der Waals surface area contributed by atoms with Crippen LogP contribution in [-0.4, -0.2) is 56.3 Å². The van der Waals surface area contributed by atoms with Crippen molar-refractivity contribution in [3.05, 3.63) is 53.1 Å². The Labute approximate surface area is 190 Å². The molecule has 0 spiro atoms. The maximum absolute atomic E-state index is 11.3. The number of benzene rings is 1. The highest BCUT2D eigenvalue weighted by Gasteiger charge is 2.64. The number of aryl methyl sites for hydroxylation is 1. The summed E-state index contributed by atoms with van der Waals surface area (Å²) < 4.78 is 111. The van der Waals surface area contributed by atoms with Crippen LogP contribution >= 0.6 is 0 Å². The highest BCUT2D eigenvalue weighted by Crippen LogP contribution is 2.36. The molecule has 0 aliphatic rings.